The molecule has 3 amide bonds. The summed E-state index contributed by atoms with van der Waals surface area (Å²) in [4.78, 5) is 62.8. The van der Waals surface area contributed by atoms with Crippen molar-refractivity contribution >= 4 is 40.3 Å². The van der Waals surface area contributed by atoms with E-state index in [1.165, 1.54) is 6.07 Å². The maximum Gasteiger partial charge on any atom is 0.340 e. The van der Waals surface area contributed by atoms with E-state index in [0.717, 1.165) is 0 Å². The molecule has 1 heterocycles. The molecule has 0 aliphatic rings. The number of aryl methyl sites for hydroxylation is 1. The predicted octanol–water partition coefficient (Wildman–Crippen LogP) is 1.40. The molecular formula is C72H128N4O31. The van der Waals surface area contributed by atoms with Gasteiger partial charge in [-0.1, -0.05) is 6.42 Å². The number of nitrogens with one attached hydrogen (secondary N) is 3. The monoisotopic (exact) mass is 1540 g/mol. The Kier molecular flexibility index (Phi) is 70.2. The molecule has 0 radical (unpaired) electrons. The molecule has 1 aromatic carbocycles. The molecule has 1 atom stereocenters. The quantitative estimate of drug-likeness (QED) is 0.0355. The molecule has 1 unspecified atom stereocenters. The minimum absolute atomic E-state index is 0.0197. The Hall–Kier alpha value is -4.85. The van der Waals surface area contributed by atoms with Crippen LogP contribution in [0.1, 0.15) is 49.7 Å². The molecule has 622 valence electrons. The van der Waals surface area contributed by atoms with Gasteiger partial charge in [-0.15, -0.1) is 0 Å². The first-order chi connectivity index (χ1) is 52.6. The van der Waals surface area contributed by atoms with Crippen LogP contribution in [0.15, 0.2) is 27.4 Å². The summed E-state index contributed by atoms with van der Waals surface area (Å²) in [5.41, 5.74) is 6.54. The summed E-state index contributed by atoms with van der Waals surface area (Å²) in [7, 11) is 1.64. The van der Waals surface area contributed by atoms with Gasteiger partial charge in [0.15, 0.2) is 0 Å². The van der Waals surface area contributed by atoms with Crippen LogP contribution in [-0.2, 0) is 139 Å². The number of unbranched alkanes of at least 4 members (excludes halogenated alkanes) is 2. The second-order valence-electron chi connectivity index (χ2n) is 23.0. The van der Waals surface area contributed by atoms with Crippen LogP contribution in [0.3, 0.4) is 0 Å². The molecule has 0 aliphatic heterocycles. The molecule has 0 saturated heterocycles. The van der Waals surface area contributed by atoms with Crippen LogP contribution >= 0.6 is 0 Å². The van der Waals surface area contributed by atoms with Gasteiger partial charge < -0.3 is 145 Å². The van der Waals surface area contributed by atoms with E-state index < -0.39 is 29.5 Å². The average molecular weight is 1550 g/mol. The van der Waals surface area contributed by atoms with E-state index in [1.807, 2.05) is 0 Å². The zero-order valence-corrected chi connectivity index (χ0v) is 63.7. The van der Waals surface area contributed by atoms with Crippen LogP contribution in [0.2, 0.25) is 0 Å². The first-order valence-electron chi connectivity index (χ1n) is 37.3. The van der Waals surface area contributed by atoms with Crippen molar-refractivity contribution in [1.29, 1.82) is 0 Å². The second kappa shape index (κ2) is 76.5. The number of hydrogen-bond acceptors (Lipinski definition) is 31. The minimum atomic E-state index is -1.10. The fourth-order valence-electron chi connectivity index (χ4n) is 8.91. The number of hydrogen-bond donors (Lipinski definition) is 5. The van der Waals surface area contributed by atoms with Gasteiger partial charge in [0, 0.05) is 50.2 Å². The maximum atomic E-state index is 13.3. The number of fused-ring (bicyclic) bond motifs is 1. The van der Waals surface area contributed by atoms with Crippen molar-refractivity contribution in [1.82, 2.24) is 16.0 Å². The third-order valence-corrected chi connectivity index (χ3v) is 14.5. The molecule has 1 aromatic heterocycles. The number of anilines is 1. The number of carbonyl (C=O) groups excluding carboxylic acids is 3. The van der Waals surface area contributed by atoms with E-state index >= 15 is 0 Å². The van der Waals surface area contributed by atoms with Crippen molar-refractivity contribution in [3.05, 3.63) is 39.7 Å². The van der Waals surface area contributed by atoms with Crippen LogP contribution in [0.25, 0.3) is 11.0 Å². The summed E-state index contributed by atoms with van der Waals surface area (Å²) < 4.78 is 137. The van der Waals surface area contributed by atoms with E-state index in [4.69, 9.17) is 129 Å². The van der Waals surface area contributed by atoms with Gasteiger partial charge in [-0.05, 0) is 43.9 Å². The summed E-state index contributed by atoms with van der Waals surface area (Å²) in [6.45, 7) is 23.5. The Bertz CT molecular complexity index is 2430. The van der Waals surface area contributed by atoms with E-state index in [9.17, 15) is 24.0 Å². The number of carbonyl (C=O) groups is 4. The van der Waals surface area contributed by atoms with E-state index in [-0.39, 0.29) is 56.9 Å². The highest BCUT2D eigenvalue weighted by atomic mass is 16.6. The minimum Gasteiger partial charge on any atom is -0.481 e. The second-order valence-corrected chi connectivity index (χ2v) is 23.0. The fourth-order valence-corrected chi connectivity index (χ4v) is 8.91. The van der Waals surface area contributed by atoms with Crippen molar-refractivity contribution in [2.45, 2.75) is 57.9 Å². The molecule has 2 rings (SSSR count). The van der Waals surface area contributed by atoms with Gasteiger partial charge >= 0.3 is 11.6 Å². The van der Waals surface area contributed by atoms with Crippen molar-refractivity contribution in [2.24, 2.45) is 0 Å². The first-order valence-corrected chi connectivity index (χ1v) is 37.3. The van der Waals surface area contributed by atoms with E-state index in [0.29, 0.717) is 345 Å². The zero-order valence-electron chi connectivity index (χ0n) is 63.7. The van der Waals surface area contributed by atoms with Crippen LogP contribution in [-0.4, -0.2) is 366 Å². The van der Waals surface area contributed by atoms with Crippen LogP contribution < -0.4 is 27.3 Å². The lowest BCUT2D eigenvalue weighted by atomic mass is 10.0. The lowest BCUT2D eigenvalue weighted by molar-refractivity contribution is -0.137. The third-order valence-electron chi connectivity index (χ3n) is 14.5. The number of carboxylic acid groups (broad SMARTS) is 1. The van der Waals surface area contributed by atoms with Crippen LogP contribution in [0.5, 0.6) is 0 Å². The number of nitrogen functional groups attached to an aromatic ring is 1. The van der Waals surface area contributed by atoms with E-state index in [2.05, 4.69) is 16.0 Å². The summed E-state index contributed by atoms with van der Waals surface area (Å²) in [5.74, 6) is -2.35. The highest BCUT2D eigenvalue weighted by molar-refractivity contribution is 5.90. The van der Waals surface area contributed by atoms with Gasteiger partial charge in [0.1, 0.15) is 11.6 Å². The smallest absolute Gasteiger partial charge is 0.340 e. The summed E-state index contributed by atoms with van der Waals surface area (Å²) in [6, 6.07) is 3.80. The standard InChI is InChI=1S/C72H128N4O31/c1-62-64-8-7-63(73)60-67(64)107-72(82)65(62)61-69(78)76-66(9-10-68(77)74-11-5-3-4-6-70(79)80)71(81)75-12-13-84-16-17-86-20-21-88-24-25-90-28-29-92-32-33-94-36-37-96-40-41-98-44-45-100-48-49-102-52-53-104-56-57-106-59-58-105-55-54-103-51-50-101-47-46-99-43-42-97-39-38-95-35-34-93-31-30-91-27-26-89-23-22-87-19-18-85-15-14-83-2/h7-8,60,66H,3-6,9-59,61,73H2,1-2H3,(H,74,77)(H,75,81)(H,76,78)(H,79,80). The Labute approximate surface area is 630 Å². The van der Waals surface area contributed by atoms with Crippen molar-refractivity contribution in [3.8, 4) is 0 Å². The number of methoxy groups -OCH3 is 1. The zero-order chi connectivity index (χ0) is 76.9. The molecule has 35 heteroatoms. The summed E-state index contributed by atoms with van der Waals surface area (Å²) in [5, 5.41) is 17.6. The molecule has 107 heavy (non-hydrogen) atoms. The molecule has 0 bridgehead atoms. The molecule has 2 aromatic rings. The number of nitrogens with two attached hydrogens (primary N) is 1. The van der Waals surface area contributed by atoms with E-state index in [1.54, 1.807) is 26.2 Å². The highest BCUT2D eigenvalue weighted by Gasteiger charge is 2.24. The van der Waals surface area contributed by atoms with Gasteiger partial charge in [-0.25, -0.2) is 4.79 Å². The van der Waals surface area contributed by atoms with Crippen molar-refractivity contribution in [2.75, 3.05) is 336 Å². The Morgan fingerprint density at radius 3 is 0.981 bits per heavy atom. The molecule has 0 aliphatic carbocycles. The Morgan fingerprint density at radius 1 is 0.383 bits per heavy atom. The topological polar surface area (TPSA) is 402 Å². The first kappa shape index (κ1) is 98.2. The van der Waals surface area contributed by atoms with Crippen molar-refractivity contribution in [3.63, 3.8) is 0 Å². The predicted molar refractivity (Wildman–Crippen MR) is 389 cm³/mol. The summed E-state index contributed by atoms with van der Waals surface area (Å²) in [6.07, 6.45) is 1.34. The number of amides is 3. The van der Waals surface area contributed by atoms with Gasteiger partial charge in [-0.3, -0.25) is 19.2 Å². The molecule has 6 N–H and O–H groups in total. The van der Waals surface area contributed by atoms with Gasteiger partial charge in [0.25, 0.3) is 0 Å². The van der Waals surface area contributed by atoms with Crippen LogP contribution in [0, 0.1) is 6.92 Å². The van der Waals surface area contributed by atoms with Crippen LogP contribution in [0.4, 0.5) is 5.69 Å². The van der Waals surface area contributed by atoms with Gasteiger partial charge in [-0.2, -0.15) is 0 Å². The number of benzene rings is 1. The van der Waals surface area contributed by atoms with Gasteiger partial charge in [0.2, 0.25) is 17.7 Å². The molecule has 0 saturated carbocycles. The lowest BCUT2D eigenvalue weighted by Crippen LogP contribution is -2.48. The lowest BCUT2D eigenvalue weighted by Gasteiger charge is -2.19. The summed E-state index contributed by atoms with van der Waals surface area (Å²) >= 11 is 0. The Balaban J connectivity index is 1.22. The Morgan fingerprint density at radius 2 is 0.682 bits per heavy atom. The SMILES string of the molecule is COCCOCCOCCOCCOCCOCCOCCOCCOCCOCCOCCOCCOCCOCCOCCOCCOCCOCCOCCOCCOCCOCCOCCOCCNC(=O)C(CCC(=O)NCCCCCC(=O)O)NC(=O)Cc1c(C)c2ccc(N)cc2oc1=O. The molecular weight excluding hydrogens is 1420 g/mol. The average Bonchev–Trinajstić information content (AvgIpc) is 0.791. The normalized spacial score (nSPS) is 11.9. The largest absolute Gasteiger partial charge is 0.481 e. The molecule has 0 fully saturated rings. The number of ether oxygens (including phenoxy) is 24. The van der Waals surface area contributed by atoms with Gasteiger partial charge in [0.05, 0.1) is 323 Å². The third kappa shape index (κ3) is 64.5. The number of carboxylic acids is 1. The van der Waals surface area contributed by atoms with Crippen molar-refractivity contribution < 1.29 is 142 Å². The molecule has 35 nitrogen and oxygen atoms in total. The number of aliphatic carboxylic acids is 1. The number of rotatable bonds is 85. The fraction of sp³-hybridized carbons (Fsp3) is 0.819. The molecule has 0 spiro atoms. The highest BCUT2D eigenvalue weighted by Crippen LogP contribution is 2.22. The maximum absolute atomic E-state index is 13.3.